The predicted molar refractivity (Wildman–Crippen MR) is 181 cm³/mol. The van der Waals surface area contributed by atoms with Crippen LogP contribution in [-0.4, -0.2) is 88.7 Å². The van der Waals surface area contributed by atoms with Crippen LogP contribution >= 0.6 is 23.2 Å². The molecule has 5 aromatic rings. The van der Waals surface area contributed by atoms with Gasteiger partial charge in [-0.15, -0.1) is 0 Å². The Kier molecular flexibility index (Phi) is 9.28. The fourth-order valence-corrected chi connectivity index (χ4v) is 6.51. The Bertz CT molecular complexity index is 1800. The van der Waals surface area contributed by atoms with Gasteiger partial charge in [0.25, 0.3) is 5.91 Å². The van der Waals surface area contributed by atoms with Gasteiger partial charge >= 0.3 is 0 Å². The van der Waals surface area contributed by atoms with E-state index in [1.54, 1.807) is 18.3 Å². The minimum Gasteiger partial charge on any atom is -0.350 e. The number of hydrogen-bond donors (Lipinski definition) is 1. The van der Waals surface area contributed by atoms with E-state index < -0.39 is 0 Å². The first kappa shape index (κ1) is 31.3. The highest BCUT2D eigenvalue weighted by atomic mass is 35.5. The summed E-state index contributed by atoms with van der Waals surface area (Å²) < 4.78 is 15.9. The van der Waals surface area contributed by atoms with Gasteiger partial charge in [0.15, 0.2) is 0 Å². The molecule has 1 aliphatic heterocycles. The third kappa shape index (κ3) is 6.79. The Morgan fingerprint density at radius 1 is 1.00 bits per heavy atom. The van der Waals surface area contributed by atoms with Gasteiger partial charge in [-0.1, -0.05) is 53.5 Å². The van der Waals surface area contributed by atoms with E-state index in [0.29, 0.717) is 41.4 Å². The number of nitrogens with zero attached hydrogens (tertiary/aromatic N) is 5. The van der Waals surface area contributed by atoms with Crippen LogP contribution in [-0.2, 0) is 6.54 Å². The van der Waals surface area contributed by atoms with Crippen LogP contribution < -0.4 is 0 Å². The molecular weight excluding hydrogens is 610 g/mol. The maximum absolute atomic E-state index is 14.4. The summed E-state index contributed by atoms with van der Waals surface area (Å²) in [6.07, 6.45) is 3.78. The molecule has 10 heteroatoms. The van der Waals surface area contributed by atoms with Crippen LogP contribution in [0.4, 0.5) is 4.39 Å². The molecule has 1 aliphatic rings. The van der Waals surface area contributed by atoms with Gasteiger partial charge in [0.05, 0.1) is 18.4 Å². The monoisotopic (exact) mass is 646 g/mol. The topological polar surface area (TPSA) is 60.4 Å². The molecule has 3 heterocycles. The van der Waals surface area contributed by atoms with Crippen LogP contribution in [0.25, 0.3) is 33.3 Å². The molecule has 7 nitrogen and oxygen atoms in total. The number of nitrogens with one attached hydrogen (secondary N) is 1. The summed E-state index contributed by atoms with van der Waals surface area (Å²) in [5.41, 5.74) is 5.38. The minimum absolute atomic E-state index is 0.0641. The summed E-state index contributed by atoms with van der Waals surface area (Å²) in [4.78, 5) is 24.4. The lowest BCUT2D eigenvalue weighted by atomic mass is 9.98. The van der Waals surface area contributed by atoms with Gasteiger partial charge in [-0.2, -0.15) is 5.10 Å². The largest absolute Gasteiger partial charge is 0.350 e. The number of aromatic amines is 1. The van der Waals surface area contributed by atoms with Gasteiger partial charge in [-0.05, 0) is 94.6 Å². The zero-order chi connectivity index (χ0) is 31.7. The number of halogens is 3. The van der Waals surface area contributed by atoms with Crippen molar-refractivity contribution in [2.24, 2.45) is 0 Å². The number of carbonyl (C=O) groups is 1. The van der Waals surface area contributed by atoms with Crippen molar-refractivity contribution in [2.45, 2.75) is 25.4 Å². The number of likely N-dealkylation sites (tertiary alicyclic amines) is 1. The Hall–Kier alpha value is -3.69. The number of hydrogen-bond acceptors (Lipinski definition) is 4. The van der Waals surface area contributed by atoms with E-state index in [1.807, 2.05) is 52.0 Å². The smallest absolute Gasteiger partial charge is 0.271 e. The summed E-state index contributed by atoms with van der Waals surface area (Å²) in [6, 6.07) is 19.9. The Morgan fingerprint density at radius 3 is 2.47 bits per heavy atom. The molecule has 1 amide bonds. The van der Waals surface area contributed by atoms with E-state index in [2.05, 4.69) is 35.9 Å². The molecule has 0 spiro atoms. The molecule has 0 saturated carbocycles. The van der Waals surface area contributed by atoms with Crippen molar-refractivity contribution < 1.29 is 9.18 Å². The Morgan fingerprint density at radius 2 is 1.73 bits per heavy atom. The van der Waals surface area contributed by atoms with Gasteiger partial charge in [0, 0.05) is 51.2 Å². The molecule has 1 saturated heterocycles. The predicted octanol–water partition coefficient (Wildman–Crippen LogP) is 7.29. The van der Waals surface area contributed by atoms with Crippen LogP contribution in [0.5, 0.6) is 0 Å². The molecule has 6 rings (SSSR count). The molecular formula is C35H37Cl2FN6O. The van der Waals surface area contributed by atoms with Gasteiger partial charge < -0.3 is 19.7 Å². The van der Waals surface area contributed by atoms with Gasteiger partial charge in [-0.25, -0.2) is 4.39 Å². The van der Waals surface area contributed by atoms with Crippen molar-refractivity contribution in [1.82, 2.24) is 29.5 Å². The second-order valence-corrected chi connectivity index (χ2v) is 13.0. The average molecular weight is 648 g/mol. The van der Waals surface area contributed by atoms with E-state index in [1.165, 1.54) is 12.1 Å². The van der Waals surface area contributed by atoms with Gasteiger partial charge in [-0.3, -0.25) is 9.48 Å². The third-order valence-corrected chi connectivity index (χ3v) is 9.13. The highest BCUT2D eigenvalue weighted by molar-refractivity contribution is 6.31. The van der Waals surface area contributed by atoms with Crippen LogP contribution in [0, 0.1) is 5.82 Å². The highest BCUT2D eigenvalue weighted by Gasteiger charge is 2.33. The zero-order valence-electron chi connectivity index (χ0n) is 25.7. The SMILES string of the molecule is CN(C)CCCN(C)[C@@H]1CCN(C(=O)c2[nH]c3cc(Cl)ccc3c2-c2c(-c3ccc(F)cc3)cnn2Cc2ccc(Cl)cc2)C1. The number of aromatic nitrogens is 3. The molecule has 45 heavy (non-hydrogen) atoms. The molecule has 1 fully saturated rings. The van der Waals surface area contributed by atoms with Crippen molar-refractivity contribution in [3.8, 4) is 22.4 Å². The summed E-state index contributed by atoms with van der Waals surface area (Å²) in [5.74, 6) is -0.382. The Labute approximate surface area is 273 Å². The summed E-state index contributed by atoms with van der Waals surface area (Å²) in [7, 11) is 6.32. The van der Waals surface area contributed by atoms with Crippen LogP contribution in [0.2, 0.25) is 10.0 Å². The summed E-state index contributed by atoms with van der Waals surface area (Å²) >= 11 is 12.6. The van der Waals surface area contributed by atoms with Crippen LogP contribution in [0.3, 0.4) is 0 Å². The number of likely N-dealkylation sites (N-methyl/N-ethyl adjacent to an activating group) is 1. The molecule has 1 N–H and O–H groups in total. The maximum atomic E-state index is 14.4. The van der Waals surface area contributed by atoms with E-state index in [4.69, 9.17) is 28.3 Å². The molecule has 234 valence electrons. The van der Waals surface area contributed by atoms with Crippen molar-refractivity contribution in [3.05, 3.63) is 100 Å². The van der Waals surface area contributed by atoms with Crippen molar-refractivity contribution in [1.29, 1.82) is 0 Å². The lowest BCUT2D eigenvalue weighted by molar-refractivity contribution is 0.0776. The fraction of sp³-hybridized carbons (Fsp3) is 0.314. The lowest BCUT2D eigenvalue weighted by Crippen LogP contribution is -2.37. The summed E-state index contributed by atoms with van der Waals surface area (Å²) in [6.45, 7) is 3.78. The number of benzene rings is 3. The molecule has 0 aliphatic carbocycles. The van der Waals surface area contributed by atoms with Gasteiger partial charge in [0.2, 0.25) is 0 Å². The molecule has 3 aromatic carbocycles. The number of H-pyrrole nitrogens is 1. The lowest BCUT2D eigenvalue weighted by Gasteiger charge is -2.25. The van der Waals surface area contributed by atoms with Crippen LogP contribution in [0.1, 0.15) is 28.9 Å². The first-order valence-corrected chi connectivity index (χ1v) is 16.0. The molecule has 2 aromatic heterocycles. The second kappa shape index (κ2) is 13.3. The van der Waals surface area contributed by atoms with Crippen molar-refractivity contribution in [2.75, 3.05) is 47.3 Å². The van der Waals surface area contributed by atoms with Crippen LogP contribution in [0.15, 0.2) is 72.9 Å². The standard InChI is InChI=1S/C35H37Cl2FN6O/c1-41(2)16-4-17-42(3)28-15-18-43(22-28)35(45)33-32(29-14-11-26(37)19-31(29)40-33)34-30(24-7-12-27(38)13-8-24)20-39-44(34)21-23-5-9-25(36)10-6-23/h5-14,19-20,28,40H,4,15-18,21-22H2,1-3H3/t28-/m1/s1. The van der Waals surface area contributed by atoms with Crippen molar-refractivity contribution in [3.63, 3.8) is 0 Å². The van der Waals surface area contributed by atoms with Gasteiger partial charge in [0.1, 0.15) is 11.5 Å². The number of fused-ring (bicyclic) bond motifs is 1. The molecule has 0 unspecified atom stereocenters. The molecule has 0 bridgehead atoms. The van der Waals surface area contributed by atoms with E-state index in [0.717, 1.165) is 64.8 Å². The highest BCUT2D eigenvalue weighted by Crippen LogP contribution is 2.40. The number of carbonyl (C=O) groups excluding carboxylic acids is 1. The minimum atomic E-state index is -0.318. The normalized spacial score (nSPS) is 15.2. The van der Waals surface area contributed by atoms with E-state index in [-0.39, 0.29) is 11.7 Å². The quantitative estimate of drug-likeness (QED) is 0.173. The second-order valence-electron chi connectivity index (χ2n) is 12.1. The number of rotatable bonds is 10. The molecule has 1 atom stereocenters. The number of amides is 1. The zero-order valence-corrected chi connectivity index (χ0v) is 27.2. The first-order valence-electron chi connectivity index (χ1n) is 15.2. The third-order valence-electron chi connectivity index (χ3n) is 8.64. The first-order chi connectivity index (χ1) is 21.7. The van der Waals surface area contributed by atoms with E-state index in [9.17, 15) is 9.18 Å². The maximum Gasteiger partial charge on any atom is 0.271 e. The van der Waals surface area contributed by atoms with E-state index >= 15 is 0 Å². The Balaban J connectivity index is 1.43. The van der Waals surface area contributed by atoms with Crippen molar-refractivity contribution >= 4 is 40.0 Å². The fourth-order valence-electron chi connectivity index (χ4n) is 6.21. The summed E-state index contributed by atoms with van der Waals surface area (Å²) in [5, 5.41) is 6.89. The average Bonchev–Trinajstić information content (AvgIpc) is 3.75. The molecule has 0 radical (unpaired) electrons.